The first-order valence-corrected chi connectivity index (χ1v) is 7.29. The number of nitrogens with one attached hydrogen (secondary N) is 1. The van der Waals surface area contributed by atoms with E-state index in [-0.39, 0.29) is 12.2 Å². The lowest BCUT2D eigenvalue weighted by molar-refractivity contribution is -0.115. The van der Waals surface area contributed by atoms with Crippen LogP contribution in [0.4, 0.5) is 11.4 Å². The Kier molecular flexibility index (Phi) is 4.55. The Hall–Kier alpha value is -1.76. The van der Waals surface area contributed by atoms with Gasteiger partial charge in [-0.3, -0.25) is 4.79 Å². The summed E-state index contributed by atoms with van der Waals surface area (Å²) < 4.78 is 26.9. The van der Waals surface area contributed by atoms with E-state index in [1.165, 1.54) is 7.11 Å². The summed E-state index contributed by atoms with van der Waals surface area (Å²) in [5.41, 5.74) is 6.49. The third kappa shape index (κ3) is 4.62. The predicted octanol–water partition coefficient (Wildman–Crippen LogP) is 0.651. The standard InChI is InChI=1S/C11H16N2O4S/c1-17-8-3-4-9(12)10(7-8)13-11(14)5-6-18(2,15)16/h3-4,7H,5-6,12H2,1-2H3,(H,13,14). The summed E-state index contributed by atoms with van der Waals surface area (Å²) >= 11 is 0. The number of ether oxygens (including phenoxy) is 1. The van der Waals surface area contributed by atoms with Crippen molar-refractivity contribution in [1.29, 1.82) is 0 Å². The molecule has 1 aromatic rings. The van der Waals surface area contributed by atoms with Crippen molar-refractivity contribution in [2.75, 3.05) is 30.2 Å². The molecule has 18 heavy (non-hydrogen) atoms. The van der Waals surface area contributed by atoms with Gasteiger partial charge in [-0.1, -0.05) is 0 Å². The first-order chi connectivity index (χ1) is 8.31. The molecule has 0 aliphatic carbocycles. The van der Waals surface area contributed by atoms with Gasteiger partial charge in [0.05, 0.1) is 24.2 Å². The van der Waals surface area contributed by atoms with Gasteiger partial charge < -0.3 is 15.8 Å². The van der Waals surface area contributed by atoms with Gasteiger partial charge in [-0.15, -0.1) is 0 Å². The molecular formula is C11H16N2O4S. The number of hydrogen-bond acceptors (Lipinski definition) is 5. The van der Waals surface area contributed by atoms with Gasteiger partial charge in [0.15, 0.2) is 0 Å². The third-order valence-electron chi connectivity index (χ3n) is 2.23. The zero-order valence-corrected chi connectivity index (χ0v) is 11.1. The minimum Gasteiger partial charge on any atom is -0.497 e. The minimum absolute atomic E-state index is 0.102. The van der Waals surface area contributed by atoms with Gasteiger partial charge >= 0.3 is 0 Å². The molecule has 0 radical (unpaired) electrons. The maximum atomic E-state index is 11.5. The van der Waals surface area contributed by atoms with Gasteiger partial charge in [0, 0.05) is 18.7 Å². The Morgan fingerprint density at radius 1 is 1.44 bits per heavy atom. The second kappa shape index (κ2) is 5.72. The molecule has 0 unspecified atom stereocenters. The monoisotopic (exact) mass is 272 g/mol. The molecule has 1 amide bonds. The number of hydrogen-bond donors (Lipinski definition) is 2. The lowest BCUT2D eigenvalue weighted by Gasteiger charge is -2.09. The van der Waals surface area contributed by atoms with Crippen molar-refractivity contribution in [2.24, 2.45) is 0 Å². The summed E-state index contributed by atoms with van der Waals surface area (Å²) in [4.78, 5) is 11.5. The average Bonchev–Trinajstić information content (AvgIpc) is 2.28. The van der Waals surface area contributed by atoms with Crippen molar-refractivity contribution in [3.05, 3.63) is 18.2 Å². The molecule has 1 rings (SSSR count). The fourth-order valence-electron chi connectivity index (χ4n) is 1.26. The van der Waals surface area contributed by atoms with E-state index in [1.807, 2.05) is 0 Å². The molecular weight excluding hydrogens is 256 g/mol. The molecule has 0 fully saturated rings. The molecule has 3 N–H and O–H groups in total. The van der Waals surface area contributed by atoms with Crippen molar-refractivity contribution in [1.82, 2.24) is 0 Å². The predicted molar refractivity (Wildman–Crippen MR) is 70.4 cm³/mol. The molecule has 0 spiro atoms. The molecule has 0 aliphatic rings. The Bertz CT molecular complexity index is 540. The number of carbonyl (C=O) groups excluding carboxylic acids is 1. The largest absolute Gasteiger partial charge is 0.497 e. The Balaban J connectivity index is 2.69. The number of anilines is 2. The molecule has 0 bridgehead atoms. The smallest absolute Gasteiger partial charge is 0.225 e. The van der Waals surface area contributed by atoms with E-state index in [0.717, 1.165) is 6.26 Å². The van der Waals surface area contributed by atoms with E-state index in [9.17, 15) is 13.2 Å². The maximum Gasteiger partial charge on any atom is 0.225 e. The highest BCUT2D eigenvalue weighted by Gasteiger charge is 2.10. The van der Waals surface area contributed by atoms with Crippen LogP contribution in [0.15, 0.2) is 18.2 Å². The average molecular weight is 272 g/mol. The lowest BCUT2D eigenvalue weighted by Crippen LogP contribution is -2.17. The Morgan fingerprint density at radius 3 is 2.67 bits per heavy atom. The number of rotatable bonds is 5. The molecule has 1 aromatic carbocycles. The van der Waals surface area contributed by atoms with Gasteiger partial charge in [-0.25, -0.2) is 8.42 Å². The van der Waals surface area contributed by atoms with Crippen LogP contribution < -0.4 is 15.8 Å². The SMILES string of the molecule is COc1ccc(N)c(NC(=O)CCS(C)(=O)=O)c1. The molecule has 0 saturated carbocycles. The summed E-state index contributed by atoms with van der Waals surface area (Å²) in [6.07, 6.45) is 0.982. The summed E-state index contributed by atoms with van der Waals surface area (Å²) in [6.45, 7) is 0. The summed E-state index contributed by atoms with van der Waals surface area (Å²) in [5, 5.41) is 2.55. The Labute approximate surface area is 106 Å². The van der Waals surface area contributed by atoms with Gasteiger partial charge in [0.1, 0.15) is 15.6 Å². The highest BCUT2D eigenvalue weighted by atomic mass is 32.2. The van der Waals surface area contributed by atoms with Crippen molar-refractivity contribution in [3.8, 4) is 5.75 Å². The zero-order chi connectivity index (χ0) is 13.8. The number of methoxy groups -OCH3 is 1. The van der Waals surface area contributed by atoms with E-state index < -0.39 is 15.7 Å². The van der Waals surface area contributed by atoms with Gasteiger partial charge in [-0.2, -0.15) is 0 Å². The van der Waals surface area contributed by atoms with Crippen molar-refractivity contribution >= 4 is 27.1 Å². The molecule has 0 atom stereocenters. The third-order valence-corrected chi connectivity index (χ3v) is 3.18. The summed E-state index contributed by atoms with van der Waals surface area (Å²) in [5.74, 6) is -0.0362. The van der Waals surface area contributed by atoms with Gasteiger partial charge in [0.2, 0.25) is 5.91 Å². The molecule has 0 saturated heterocycles. The summed E-state index contributed by atoms with van der Waals surface area (Å²) in [6, 6.07) is 4.85. The minimum atomic E-state index is -3.15. The van der Waals surface area contributed by atoms with E-state index in [2.05, 4.69) is 5.32 Å². The van der Waals surface area contributed by atoms with E-state index in [4.69, 9.17) is 10.5 Å². The van der Waals surface area contributed by atoms with Crippen LogP contribution in [0.2, 0.25) is 0 Å². The van der Waals surface area contributed by atoms with Gasteiger partial charge in [0.25, 0.3) is 0 Å². The molecule has 100 valence electrons. The highest BCUT2D eigenvalue weighted by molar-refractivity contribution is 7.90. The number of nitrogens with two attached hydrogens (primary N) is 1. The second-order valence-corrected chi connectivity index (χ2v) is 6.14. The molecule has 6 nitrogen and oxygen atoms in total. The van der Waals surface area contributed by atoms with E-state index >= 15 is 0 Å². The van der Waals surface area contributed by atoms with Gasteiger partial charge in [-0.05, 0) is 12.1 Å². The van der Waals surface area contributed by atoms with E-state index in [1.54, 1.807) is 18.2 Å². The lowest BCUT2D eigenvalue weighted by atomic mass is 10.2. The fourth-order valence-corrected chi connectivity index (χ4v) is 1.82. The fraction of sp³-hybridized carbons (Fsp3) is 0.364. The quantitative estimate of drug-likeness (QED) is 0.767. The number of benzene rings is 1. The second-order valence-electron chi connectivity index (χ2n) is 3.88. The molecule has 0 aromatic heterocycles. The van der Waals surface area contributed by atoms with Crippen LogP contribution in [0.5, 0.6) is 5.75 Å². The number of sulfone groups is 1. The highest BCUT2D eigenvalue weighted by Crippen LogP contribution is 2.24. The van der Waals surface area contributed by atoms with E-state index in [0.29, 0.717) is 17.1 Å². The molecule has 0 aliphatic heterocycles. The van der Waals surface area contributed by atoms with Crippen LogP contribution in [-0.2, 0) is 14.6 Å². The van der Waals surface area contributed by atoms with Crippen LogP contribution in [0.1, 0.15) is 6.42 Å². The first-order valence-electron chi connectivity index (χ1n) is 5.23. The topological polar surface area (TPSA) is 98.5 Å². The maximum absolute atomic E-state index is 11.5. The van der Waals surface area contributed by atoms with Crippen molar-refractivity contribution < 1.29 is 17.9 Å². The summed E-state index contributed by atoms with van der Waals surface area (Å²) in [7, 11) is -1.65. The number of nitrogen functional groups attached to an aromatic ring is 1. The van der Waals surface area contributed by atoms with Crippen LogP contribution in [-0.4, -0.2) is 33.4 Å². The van der Waals surface area contributed by atoms with Crippen molar-refractivity contribution in [3.63, 3.8) is 0 Å². The Morgan fingerprint density at radius 2 is 2.11 bits per heavy atom. The van der Waals surface area contributed by atoms with Crippen molar-refractivity contribution in [2.45, 2.75) is 6.42 Å². The molecule has 0 heterocycles. The zero-order valence-electron chi connectivity index (χ0n) is 10.3. The van der Waals surface area contributed by atoms with Crippen LogP contribution in [0.3, 0.4) is 0 Å². The van der Waals surface area contributed by atoms with Crippen LogP contribution in [0, 0.1) is 0 Å². The number of amides is 1. The van der Waals surface area contributed by atoms with Crippen LogP contribution in [0.25, 0.3) is 0 Å². The molecule has 7 heteroatoms. The number of carbonyl (C=O) groups is 1. The first kappa shape index (κ1) is 14.3. The van der Waals surface area contributed by atoms with Crippen LogP contribution >= 0.6 is 0 Å². The normalized spacial score (nSPS) is 11.0.